The number of aromatic nitrogens is 2. The molecule has 1 aromatic heterocycles. The molecule has 0 unspecified atom stereocenters. The van der Waals surface area contributed by atoms with E-state index in [2.05, 4.69) is 15.7 Å². The van der Waals surface area contributed by atoms with Gasteiger partial charge in [-0.2, -0.15) is 5.10 Å². The number of rotatable bonds is 4. The van der Waals surface area contributed by atoms with E-state index in [0.29, 0.717) is 27.4 Å². The van der Waals surface area contributed by atoms with Gasteiger partial charge in [0.25, 0.3) is 0 Å². The molecule has 0 saturated carbocycles. The van der Waals surface area contributed by atoms with Crippen LogP contribution in [0.2, 0.25) is 10.0 Å². The van der Waals surface area contributed by atoms with Crippen LogP contribution in [-0.4, -0.2) is 14.9 Å². The fourth-order valence-electron chi connectivity index (χ4n) is 2.17. The molecule has 4 nitrogen and oxygen atoms in total. The first-order valence-electron chi connectivity index (χ1n) is 7.29. The number of nitrogens with zero attached hydrogens (tertiary/aromatic N) is 2. The van der Waals surface area contributed by atoms with E-state index >= 15 is 0 Å². The van der Waals surface area contributed by atoms with Crippen molar-refractivity contribution in [1.29, 1.82) is 0 Å². The van der Waals surface area contributed by atoms with Crippen molar-refractivity contribution in [1.82, 2.24) is 9.78 Å². The van der Waals surface area contributed by atoms with Crippen LogP contribution in [0.1, 0.15) is 5.56 Å². The van der Waals surface area contributed by atoms with E-state index in [4.69, 9.17) is 35.4 Å². The Kier molecular flexibility index (Phi) is 5.53. The predicted octanol–water partition coefficient (Wildman–Crippen LogP) is 5.19. The lowest BCUT2D eigenvalue weighted by molar-refractivity contribution is 0.624. The summed E-state index contributed by atoms with van der Waals surface area (Å²) in [4.78, 5) is 0. The number of halogens is 3. The Morgan fingerprint density at radius 3 is 2.64 bits per heavy atom. The van der Waals surface area contributed by atoms with Crippen molar-refractivity contribution < 1.29 is 4.39 Å². The maximum atomic E-state index is 12.9. The maximum Gasteiger partial charge on any atom is 0.175 e. The second-order valence-corrected chi connectivity index (χ2v) is 6.51. The van der Waals surface area contributed by atoms with Crippen LogP contribution >= 0.6 is 35.4 Å². The normalized spacial score (nSPS) is 10.5. The van der Waals surface area contributed by atoms with E-state index in [0.717, 1.165) is 11.3 Å². The Morgan fingerprint density at radius 2 is 1.88 bits per heavy atom. The lowest BCUT2D eigenvalue weighted by atomic mass is 10.2. The second-order valence-electron chi connectivity index (χ2n) is 5.26. The van der Waals surface area contributed by atoms with E-state index in [1.54, 1.807) is 47.4 Å². The molecule has 3 rings (SSSR count). The third-order valence-corrected chi connectivity index (χ3v) is 4.09. The molecule has 2 N–H and O–H groups in total. The van der Waals surface area contributed by atoms with Crippen molar-refractivity contribution in [3.05, 3.63) is 76.3 Å². The van der Waals surface area contributed by atoms with Crippen LogP contribution in [0.5, 0.6) is 0 Å². The molecule has 0 aliphatic heterocycles. The molecule has 8 heteroatoms. The molecule has 0 aliphatic carbocycles. The van der Waals surface area contributed by atoms with Gasteiger partial charge in [-0.1, -0.05) is 35.3 Å². The Hall–Kier alpha value is -2.15. The molecule has 0 saturated heterocycles. The molecular weight excluding hydrogens is 382 g/mol. The topological polar surface area (TPSA) is 41.9 Å². The lowest BCUT2D eigenvalue weighted by Crippen LogP contribution is -2.19. The summed E-state index contributed by atoms with van der Waals surface area (Å²) in [7, 11) is 0. The molecule has 0 aliphatic rings. The summed E-state index contributed by atoms with van der Waals surface area (Å²) in [5.74, 6) is -0.261. The van der Waals surface area contributed by atoms with Gasteiger partial charge < -0.3 is 10.6 Å². The quantitative estimate of drug-likeness (QED) is 0.597. The van der Waals surface area contributed by atoms with Crippen molar-refractivity contribution >= 4 is 51.9 Å². The highest BCUT2D eigenvalue weighted by Gasteiger charge is 2.06. The summed E-state index contributed by atoms with van der Waals surface area (Å²) in [6.45, 7) is 0.530. The molecule has 0 spiro atoms. The second kappa shape index (κ2) is 7.82. The van der Waals surface area contributed by atoms with Crippen LogP contribution in [0.4, 0.5) is 15.8 Å². The Bertz CT molecular complexity index is 896. The van der Waals surface area contributed by atoms with Gasteiger partial charge in [-0.15, -0.1) is 0 Å². The number of anilines is 2. The number of hydrogen-bond donors (Lipinski definition) is 2. The third kappa shape index (κ3) is 4.92. The van der Waals surface area contributed by atoms with Crippen molar-refractivity contribution in [3.8, 4) is 0 Å². The molecule has 25 heavy (non-hydrogen) atoms. The minimum atomic E-state index is -0.261. The number of benzene rings is 2. The molecule has 1 heterocycles. The van der Waals surface area contributed by atoms with Gasteiger partial charge in [0.05, 0.1) is 29.1 Å². The van der Waals surface area contributed by atoms with Gasteiger partial charge >= 0.3 is 0 Å². The maximum absolute atomic E-state index is 12.9. The molecular formula is C17H13Cl2FN4S. The average Bonchev–Trinajstić information content (AvgIpc) is 3.00. The van der Waals surface area contributed by atoms with E-state index in [1.807, 2.05) is 0 Å². The first-order valence-corrected chi connectivity index (χ1v) is 8.46. The van der Waals surface area contributed by atoms with Crippen LogP contribution in [-0.2, 0) is 6.54 Å². The smallest absolute Gasteiger partial charge is 0.175 e. The van der Waals surface area contributed by atoms with Gasteiger partial charge in [-0.3, -0.25) is 4.68 Å². The van der Waals surface area contributed by atoms with E-state index in [1.165, 1.54) is 12.1 Å². The summed E-state index contributed by atoms with van der Waals surface area (Å²) in [5, 5.41) is 11.7. The summed E-state index contributed by atoms with van der Waals surface area (Å²) in [5.41, 5.74) is 2.28. The van der Waals surface area contributed by atoms with Gasteiger partial charge in [0.1, 0.15) is 5.82 Å². The number of hydrogen-bond acceptors (Lipinski definition) is 2. The lowest BCUT2D eigenvalue weighted by Gasteiger charge is -2.10. The minimum Gasteiger partial charge on any atom is -0.331 e. The highest BCUT2D eigenvalue weighted by atomic mass is 35.5. The summed E-state index contributed by atoms with van der Waals surface area (Å²) in [6.07, 6.45) is 3.45. The first-order chi connectivity index (χ1) is 12.0. The highest BCUT2D eigenvalue weighted by Crippen LogP contribution is 2.25. The summed E-state index contributed by atoms with van der Waals surface area (Å²) < 4.78 is 14.7. The predicted molar refractivity (Wildman–Crippen MR) is 104 cm³/mol. The van der Waals surface area contributed by atoms with Crippen LogP contribution in [0.15, 0.2) is 54.9 Å². The van der Waals surface area contributed by atoms with Crippen molar-refractivity contribution in [2.75, 3.05) is 10.6 Å². The first kappa shape index (κ1) is 17.7. The standard InChI is InChI=1S/C17H13Cl2FN4S/c18-12-3-6-15(19)16(7-12)23-17(25)22-14-8-21-24(10-14)9-11-1-4-13(20)5-2-11/h1-8,10H,9H2,(H2,22,23,25). The van der Waals surface area contributed by atoms with Crippen molar-refractivity contribution in [2.24, 2.45) is 0 Å². The zero-order valence-corrected chi connectivity index (χ0v) is 15.2. The zero-order valence-electron chi connectivity index (χ0n) is 12.8. The fourth-order valence-corrected chi connectivity index (χ4v) is 2.73. The molecule has 3 aromatic rings. The molecule has 0 amide bonds. The van der Waals surface area contributed by atoms with Crippen LogP contribution in [0.3, 0.4) is 0 Å². The summed E-state index contributed by atoms with van der Waals surface area (Å²) >= 11 is 17.3. The molecule has 2 aromatic carbocycles. The Balaban J connectivity index is 1.61. The molecule has 0 radical (unpaired) electrons. The van der Waals surface area contributed by atoms with Crippen LogP contribution in [0.25, 0.3) is 0 Å². The fraction of sp³-hybridized carbons (Fsp3) is 0.0588. The minimum absolute atomic E-state index is 0.261. The SMILES string of the molecule is Fc1ccc(Cn2cc(NC(=S)Nc3cc(Cl)ccc3Cl)cn2)cc1. The van der Waals surface area contributed by atoms with Gasteiger partial charge in [0.2, 0.25) is 0 Å². The van der Waals surface area contributed by atoms with E-state index < -0.39 is 0 Å². The van der Waals surface area contributed by atoms with Gasteiger partial charge in [0, 0.05) is 11.2 Å². The summed E-state index contributed by atoms with van der Waals surface area (Å²) in [6, 6.07) is 11.4. The number of nitrogens with one attached hydrogen (secondary N) is 2. The number of thiocarbonyl (C=S) groups is 1. The third-order valence-electron chi connectivity index (χ3n) is 3.33. The largest absolute Gasteiger partial charge is 0.331 e. The zero-order chi connectivity index (χ0) is 17.8. The highest BCUT2D eigenvalue weighted by molar-refractivity contribution is 7.80. The van der Waals surface area contributed by atoms with Gasteiger partial charge in [-0.05, 0) is 48.1 Å². The van der Waals surface area contributed by atoms with Crippen molar-refractivity contribution in [2.45, 2.75) is 6.54 Å². The van der Waals surface area contributed by atoms with E-state index in [9.17, 15) is 4.39 Å². The van der Waals surface area contributed by atoms with E-state index in [-0.39, 0.29) is 5.82 Å². The van der Waals surface area contributed by atoms with Gasteiger partial charge in [-0.25, -0.2) is 4.39 Å². The van der Waals surface area contributed by atoms with Crippen molar-refractivity contribution in [3.63, 3.8) is 0 Å². The van der Waals surface area contributed by atoms with Crippen LogP contribution in [0, 0.1) is 5.82 Å². The Morgan fingerprint density at radius 1 is 1.12 bits per heavy atom. The monoisotopic (exact) mass is 394 g/mol. The molecule has 0 atom stereocenters. The molecule has 0 fully saturated rings. The molecule has 0 bridgehead atoms. The van der Waals surface area contributed by atoms with Crippen LogP contribution < -0.4 is 10.6 Å². The van der Waals surface area contributed by atoms with Gasteiger partial charge in [0.15, 0.2) is 5.11 Å². The average molecular weight is 395 g/mol. The molecule has 128 valence electrons. The Labute approximate surface area is 159 Å².